The Morgan fingerprint density at radius 1 is 1.14 bits per heavy atom. The molecule has 3 rings (SSSR count). The third-order valence-corrected chi connectivity index (χ3v) is 5.71. The molecule has 1 saturated heterocycles. The molecule has 0 aliphatic carbocycles. The van der Waals surface area contributed by atoms with Crippen molar-refractivity contribution in [2.45, 2.75) is 38.1 Å². The van der Waals surface area contributed by atoms with Gasteiger partial charge in [-0.1, -0.05) is 25.1 Å². The van der Waals surface area contributed by atoms with Gasteiger partial charge < -0.3 is 14.5 Å². The highest BCUT2D eigenvalue weighted by atomic mass is 16.5. The van der Waals surface area contributed by atoms with Crippen LogP contribution in [0.15, 0.2) is 54.9 Å². The summed E-state index contributed by atoms with van der Waals surface area (Å²) in [5.41, 5.74) is 2.00. The number of carbonyl (C=O) groups is 1. The highest BCUT2D eigenvalue weighted by molar-refractivity contribution is 5.94. The van der Waals surface area contributed by atoms with E-state index in [4.69, 9.17) is 4.74 Å². The first-order chi connectivity index (χ1) is 13.7. The average molecular weight is 382 g/mol. The zero-order valence-corrected chi connectivity index (χ0v) is 17.0. The summed E-state index contributed by atoms with van der Waals surface area (Å²) in [6.07, 6.45) is 7.05. The molecule has 5 heteroatoms. The number of aromatic nitrogens is 1. The van der Waals surface area contributed by atoms with Crippen molar-refractivity contribution in [3.05, 3.63) is 60.4 Å². The molecule has 0 unspecified atom stereocenters. The molecule has 0 bridgehead atoms. The summed E-state index contributed by atoms with van der Waals surface area (Å²) >= 11 is 0. The van der Waals surface area contributed by atoms with Crippen LogP contribution in [0, 0.1) is 0 Å². The van der Waals surface area contributed by atoms with Crippen molar-refractivity contribution in [2.75, 3.05) is 38.3 Å². The van der Waals surface area contributed by atoms with Crippen LogP contribution in [-0.4, -0.2) is 54.7 Å². The van der Waals surface area contributed by atoms with Crippen molar-refractivity contribution >= 4 is 11.6 Å². The number of amides is 1. The number of benzene rings is 1. The SMILES string of the molecule is CCC(=O)N(c1ccccc1)C1(COC)CCN(CCc2ccncc2)CC1. The van der Waals surface area contributed by atoms with Crippen LogP contribution in [0.3, 0.4) is 0 Å². The van der Waals surface area contributed by atoms with E-state index < -0.39 is 0 Å². The van der Waals surface area contributed by atoms with Crippen LogP contribution >= 0.6 is 0 Å². The number of likely N-dealkylation sites (tertiary alicyclic amines) is 1. The number of para-hydroxylation sites is 1. The molecule has 5 nitrogen and oxygen atoms in total. The van der Waals surface area contributed by atoms with Crippen LogP contribution in [0.2, 0.25) is 0 Å². The molecule has 0 atom stereocenters. The maximum absolute atomic E-state index is 12.9. The van der Waals surface area contributed by atoms with Gasteiger partial charge in [-0.15, -0.1) is 0 Å². The van der Waals surface area contributed by atoms with E-state index in [0.717, 1.165) is 44.6 Å². The summed E-state index contributed by atoms with van der Waals surface area (Å²) in [4.78, 5) is 21.5. The molecule has 1 fully saturated rings. The van der Waals surface area contributed by atoms with Crippen LogP contribution < -0.4 is 4.90 Å². The number of pyridine rings is 1. The van der Waals surface area contributed by atoms with E-state index in [-0.39, 0.29) is 11.4 Å². The van der Waals surface area contributed by atoms with E-state index in [0.29, 0.717) is 13.0 Å². The summed E-state index contributed by atoms with van der Waals surface area (Å²) in [5, 5.41) is 0. The Kier molecular flexibility index (Phi) is 7.18. The lowest BCUT2D eigenvalue weighted by molar-refractivity contribution is -0.120. The van der Waals surface area contributed by atoms with Crippen molar-refractivity contribution in [3.63, 3.8) is 0 Å². The molecule has 28 heavy (non-hydrogen) atoms. The number of ether oxygens (including phenoxy) is 1. The average Bonchev–Trinajstić information content (AvgIpc) is 2.75. The molecule has 0 N–H and O–H groups in total. The van der Waals surface area contributed by atoms with Gasteiger partial charge in [-0.3, -0.25) is 9.78 Å². The Labute approximate surface area is 168 Å². The molecule has 0 spiro atoms. The number of rotatable bonds is 8. The molecular weight excluding hydrogens is 350 g/mol. The zero-order chi connectivity index (χ0) is 19.8. The van der Waals surface area contributed by atoms with Crippen molar-refractivity contribution in [1.82, 2.24) is 9.88 Å². The van der Waals surface area contributed by atoms with Gasteiger partial charge in [-0.2, -0.15) is 0 Å². The van der Waals surface area contributed by atoms with Crippen molar-refractivity contribution in [3.8, 4) is 0 Å². The molecule has 1 aromatic carbocycles. The Morgan fingerprint density at radius 3 is 2.43 bits per heavy atom. The normalized spacial score (nSPS) is 16.6. The summed E-state index contributed by atoms with van der Waals surface area (Å²) in [5.74, 6) is 0.161. The fourth-order valence-corrected chi connectivity index (χ4v) is 4.15. The highest BCUT2D eigenvalue weighted by Crippen LogP contribution is 2.34. The minimum Gasteiger partial charge on any atom is -0.382 e. The predicted octanol–water partition coefficient (Wildman–Crippen LogP) is 3.55. The van der Waals surface area contributed by atoms with Crippen LogP contribution in [0.1, 0.15) is 31.7 Å². The van der Waals surface area contributed by atoms with Gasteiger partial charge >= 0.3 is 0 Å². The number of piperidine rings is 1. The molecule has 1 aliphatic heterocycles. The summed E-state index contributed by atoms with van der Waals surface area (Å²) < 4.78 is 5.63. The van der Waals surface area contributed by atoms with E-state index in [9.17, 15) is 4.79 Å². The Balaban J connectivity index is 1.72. The molecule has 2 heterocycles. The number of methoxy groups -OCH3 is 1. The smallest absolute Gasteiger partial charge is 0.227 e. The number of hydrogen-bond donors (Lipinski definition) is 0. The van der Waals surface area contributed by atoms with Crippen molar-refractivity contribution in [2.24, 2.45) is 0 Å². The first-order valence-corrected chi connectivity index (χ1v) is 10.2. The van der Waals surface area contributed by atoms with E-state index in [1.165, 1.54) is 5.56 Å². The van der Waals surface area contributed by atoms with Gasteiger partial charge in [-0.05, 0) is 49.1 Å². The first kappa shape index (κ1) is 20.5. The van der Waals surface area contributed by atoms with E-state index >= 15 is 0 Å². The summed E-state index contributed by atoms with van der Waals surface area (Å²) in [6.45, 7) is 5.46. The summed E-state index contributed by atoms with van der Waals surface area (Å²) in [6, 6.07) is 14.2. The van der Waals surface area contributed by atoms with Crippen molar-refractivity contribution in [1.29, 1.82) is 0 Å². The van der Waals surface area contributed by atoms with Crippen LogP contribution in [-0.2, 0) is 16.0 Å². The van der Waals surface area contributed by atoms with Crippen molar-refractivity contribution < 1.29 is 9.53 Å². The van der Waals surface area contributed by atoms with Gasteiger partial charge in [0.05, 0.1) is 12.1 Å². The number of hydrogen-bond acceptors (Lipinski definition) is 4. The summed E-state index contributed by atoms with van der Waals surface area (Å²) in [7, 11) is 1.73. The second-order valence-corrected chi connectivity index (χ2v) is 7.52. The molecule has 1 amide bonds. The second kappa shape index (κ2) is 9.80. The largest absolute Gasteiger partial charge is 0.382 e. The highest BCUT2D eigenvalue weighted by Gasteiger charge is 2.42. The third kappa shape index (κ3) is 4.78. The lowest BCUT2D eigenvalue weighted by atomic mass is 9.85. The second-order valence-electron chi connectivity index (χ2n) is 7.52. The van der Waals surface area contributed by atoms with E-state index in [2.05, 4.69) is 22.0 Å². The van der Waals surface area contributed by atoms with E-state index in [1.807, 2.05) is 54.5 Å². The lowest BCUT2D eigenvalue weighted by Gasteiger charge is -2.48. The fourth-order valence-electron chi connectivity index (χ4n) is 4.15. The zero-order valence-electron chi connectivity index (χ0n) is 17.0. The molecule has 0 radical (unpaired) electrons. The van der Waals surface area contributed by atoms with Gasteiger partial charge in [0, 0.05) is 51.2 Å². The van der Waals surface area contributed by atoms with Gasteiger partial charge in [0.2, 0.25) is 5.91 Å². The van der Waals surface area contributed by atoms with Gasteiger partial charge in [0.25, 0.3) is 0 Å². The quantitative estimate of drug-likeness (QED) is 0.702. The molecule has 0 saturated carbocycles. The van der Waals surface area contributed by atoms with E-state index in [1.54, 1.807) is 7.11 Å². The van der Waals surface area contributed by atoms with Gasteiger partial charge in [0.15, 0.2) is 0 Å². The number of carbonyl (C=O) groups excluding carboxylic acids is 1. The lowest BCUT2D eigenvalue weighted by Crippen LogP contribution is -2.60. The monoisotopic (exact) mass is 381 g/mol. The Morgan fingerprint density at radius 2 is 1.82 bits per heavy atom. The third-order valence-electron chi connectivity index (χ3n) is 5.71. The predicted molar refractivity (Wildman–Crippen MR) is 112 cm³/mol. The Hall–Kier alpha value is -2.24. The van der Waals surface area contributed by atoms with Crippen LogP contribution in [0.4, 0.5) is 5.69 Å². The minimum absolute atomic E-state index is 0.161. The fraction of sp³-hybridized carbons (Fsp3) is 0.478. The number of nitrogens with zero attached hydrogens (tertiary/aromatic N) is 3. The molecule has 2 aromatic rings. The minimum atomic E-state index is -0.281. The maximum atomic E-state index is 12.9. The van der Waals surface area contributed by atoms with Gasteiger partial charge in [-0.25, -0.2) is 0 Å². The molecular formula is C23H31N3O2. The Bertz CT molecular complexity index is 728. The molecule has 1 aliphatic rings. The standard InChI is InChI=1S/C23H31N3O2/c1-3-22(27)26(21-7-5-4-6-8-21)23(19-28-2)12-17-25(18-13-23)16-11-20-9-14-24-15-10-20/h4-10,14-15H,3,11-13,16-19H2,1-2H3. The first-order valence-electron chi connectivity index (χ1n) is 10.2. The number of anilines is 1. The van der Waals surface area contributed by atoms with Gasteiger partial charge in [0.1, 0.15) is 0 Å². The molecule has 1 aromatic heterocycles. The van der Waals surface area contributed by atoms with Crippen LogP contribution in [0.25, 0.3) is 0 Å². The topological polar surface area (TPSA) is 45.7 Å². The van der Waals surface area contributed by atoms with Crippen LogP contribution in [0.5, 0.6) is 0 Å². The maximum Gasteiger partial charge on any atom is 0.227 e. The molecule has 150 valence electrons.